The van der Waals surface area contributed by atoms with Gasteiger partial charge in [-0.05, 0) is 36.1 Å². The van der Waals surface area contributed by atoms with E-state index in [9.17, 15) is 4.79 Å². The molecule has 3 aromatic rings. The lowest BCUT2D eigenvalue weighted by atomic mass is 10.1. The van der Waals surface area contributed by atoms with Gasteiger partial charge in [0, 0.05) is 6.20 Å². The summed E-state index contributed by atoms with van der Waals surface area (Å²) in [4.78, 5) is 19.5. The molecule has 0 saturated heterocycles. The number of carbonyl (C=O) groups is 1. The number of benzene rings is 1. The molecule has 0 unspecified atom stereocenters. The molecule has 4 heteroatoms. The van der Waals surface area contributed by atoms with Gasteiger partial charge in [-0.15, -0.1) is 11.3 Å². The summed E-state index contributed by atoms with van der Waals surface area (Å²) in [5.41, 5.74) is 2.29. The summed E-state index contributed by atoms with van der Waals surface area (Å²) in [6.07, 6.45) is 1.71. The maximum absolute atomic E-state index is 12.8. The fourth-order valence-corrected chi connectivity index (χ4v) is 2.85. The van der Waals surface area contributed by atoms with E-state index in [1.807, 2.05) is 47.8 Å². The molecule has 2 aromatic heterocycles. The highest BCUT2D eigenvalue weighted by molar-refractivity contribution is 7.12. The van der Waals surface area contributed by atoms with E-state index in [2.05, 4.69) is 24.0 Å². The smallest absolute Gasteiger partial charge is 0.269 e. The number of pyridine rings is 1. The third kappa shape index (κ3) is 3.23. The van der Waals surface area contributed by atoms with E-state index in [1.165, 1.54) is 16.9 Å². The maximum Gasteiger partial charge on any atom is 0.269 e. The van der Waals surface area contributed by atoms with Gasteiger partial charge in [-0.25, -0.2) is 4.98 Å². The Hall–Kier alpha value is -2.46. The van der Waals surface area contributed by atoms with E-state index >= 15 is 0 Å². The highest BCUT2D eigenvalue weighted by Crippen LogP contribution is 2.20. The molecule has 3 rings (SSSR count). The van der Waals surface area contributed by atoms with Crippen molar-refractivity contribution in [2.24, 2.45) is 0 Å². The van der Waals surface area contributed by atoms with Crippen LogP contribution in [0.2, 0.25) is 0 Å². The predicted molar refractivity (Wildman–Crippen MR) is 90.2 cm³/mol. The number of hydrogen-bond acceptors (Lipinski definition) is 3. The highest BCUT2D eigenvalue weighted by Gasteiger charge is 2.19. The molecular weight excluding hydrogens is 292 g/mol. The van der Waals surface area contributed by atoms with Crippen LogP contribution in [0.15, 0.2) is 66.2 Å². The predicted octanol–water partition coefficient (Wildman–Crippen LogP) is 4.30. The number of thiophene rings is 1. The van der Waals surface area contributed by atoms with Crippen LogP contribution in [-0.4, -0.2) is 10.9 Å². The monoisotopic (exact) mass is 308 g/mol. The Balaban J connectivity index is 1.92. The van der Waals surface area contributed by atoms with Gasteiger partial charge in [0.25, 0.3) is 5.91 Å². The molecule has 0 atom stereocenters. The first kappa shape index (κ1) is 14.5. The number of amides is 1. The van der Waals surface area contributed by atoms with Crippen LogP contribution in [-0.2, 0) is 6.54 Å². The average molecular weight is 308 g/mol. The summed E-state index contributed by atoms with van der Waals surface area (Å²) in [5.74, 6) is 0.649. The number of carbonyl (C=O) groups excluding carboxylic acids is 1. The van der Waals surface area contributed by atoms with E-state index in [1.54, 1.807) is 11.1 Å². The van der Waals surface area contributed by atoms with E-state index in [0.29, 0.717) is 12.4 Å². The van der Waals surface area contributed by atoms with Crippen LogP contribution < -0.4 is 4.90 Å². The summed E-state index contributed by atoms with van der Waals surface area (Å²) in [6, 6.07) is 17.6. The minimum atomic E-state index is -0.0192. The van der Waals surface area contributed by atoms with Gasteiger partial charge in [-0.3, -0.25) is 9.69 Å². The molecule has 0 fully saturated rings. The molecule has 0 radical (unpaired) electrons. The number of nitrogens with zero attached hydrogens (tertiary/aromatic N) is 2. The van der Waals surface area contributed by atoms with Crippen molar-refractivity contribution in [1.29, 1.82) is 0 Å². The quantitative estimate of drug-likeness (QED) is 0.720. The number of hydrogen-bond donors (Lipinski definition) is 0. The first-order valence-electron chi connectivity index (χ1n) is 7.06. The van der Waals surface area contributed by atoms with Crippen LogP contribution in [0.25, 0.3) is 0 Å². The average Bonchev–Trinajstić information content (AvgIpc) is 3.09. The van der Waals surface area contributed by atoms with Crippen molar-refractivity contribution in [3.05, 3.63) is 82.2 Å². The first-order valence-corrected chi connectivity index (χ1v) is 7.94. The number of anilines is 1. The van der Waals surface area contributed by atoms with Crippen LogP contribution in [0.4, 0.5) is 5.82 Å². The Morgan fingerprint density at radius 1 is 1.09 bits per heavy atom. The summed E-state index contributed by atoms with van der Waals surface area (Å²) in [7, 11) is 0. The summed E-state index contributed by atoms with van der Waals surface area (Å²) in [6.45, 7) is 2.56. The van der Waals surface area contributed by atoms with Gasteiger partial charge < -0.3 is 0 Å². The SMILES string of the molecule is Cc1ccc(CN(C(=O)c2cccs2)c2ccccn2)cc1. The summed E-state index contributed by atoms with van der Waals surface area (Å²) in [5, 5.41) is 1.91. The minimum absolute atomic E-state index is 0.0192. The lowest BCUT2D eigenvalue weighted by molar-refractivity contribution is 0.0988. The molecule has 110 valence electrons. The van der Waals surface area contributed by atoms with Crippen LogP contribution in [0.5, 0.6) is 0 Å². The van der Waals surface area contributed by atoms with Gasteiger partial charge in [-0.2, -0.15) is 0 Å². The number of rotatable bonds is 4. The number of aromatic nitrogens is 1. The van der Waals surface area contributed by atoms with Gasteiger partial charge in [0.2, 0.25) is 0 Å². The van der Waals surface area contributed by atoms with Crippen LogP contribution >= 0.6 is 11.3 Å². The van der Waals surface area contributed by atoms with E-state index < -0.39 is 0 Å². The van der Waals surface area contributed by atoms with Crippen molar-refractivity contribution in [2.75, 3.05) is 4.90 Å². The Bertz CT molecular complexity index is 737. The van der Waals surface area contributed by atoms with Crippen molar-refractivity contribution in [3.63, 3.8) is 0 Å². The summed E-state index contributed by atoms with van der Waals surface area (Å²) >= 11 is 1.45. The van der Waals surface area contributed by atoms with Crippen molar-refractivity contribution < 1.29 is 4.79 Å². The lowest BCUT2D eigenvalue weighted by Gasteiger charge is -2.21. The fourth-order valence-electron chi connectivity index (χ4n) is 2.18. The zero-order valence-corrected chi connectivity index (χ0v) is 13.1. The first-order chi connectivity index (χ1) is 10.7. The molecular formula is C18H16N2OS. The molecule has 0 aliphatic heterocycles. The zero-order valence-electron chi connectivity index (χ0n) is 12.3. The lowest BCUT2D eigenvalue weighted by Crippen LogP contribution is -2.30. The fraction of sp³-hybridized carbons (Fsp3) is 0.111. The Morgan fingerprint density at radius 3 is 2.55 bits per heavy atom. The minimum Gasteiger partial charge on any atom is -0.288 e. The van der Waals surface area contributed by atoms with Gasteiger partial charge in [-0.1, -0.05) is 42.0 Å². The molecule has 0 bridgehead atoms. The molecule has 1 aromatic carbocycles. The zero-order chi connectivity index (χ0) is 15.4. The summed E-state index contributed by atoms with van der Waals surface area (Å²) < 4.78 is 0. The second-order valence-electron chi connectivity index (χ2n) is 5.04. The van der Waals surface area contributed by atoms with Crippen molar-refractivity contribution in [3.8, 4) is 0 Å². The van der Waals surface area contributed by atoms with Gasteiger partial charge in [0.15, 0.2) is 0 Å². The van der Waals surface area contributed by atoms with Gasteiger partial charge >= 0.3 is 0 Å². The normalized spacial score (nSPS) is 10.4. The largest absolute Gasteiger partial charge is 0.288 e. The molecule has 22 heavy (non-hydrogen) atoms. The Kier molecular flexibility index (Phi) is 4.30. The maximum atomic E-state index is 12.8. The molecule has 0 saturated carbocycles. The van der Waals surface area contributed by atoms with Crippen molar-refractivity contribution in [1.82, 2.24) is 4.98 Å². The Labute approximate surface area is 133 Å². The van der Waals surface area contributed by atoms with Crippen LogP contribution in [0.3, 0.4) is 0 Å². The van der Waals surface area contributed by atoms with E-state index in [4.69, 9.17) is 0 Å². The molecule has 0 spiro atoms. The highest BCUT2D eigenvalue weighted by atomic mass is 32.1. The van der Waals surface area contributed by atoms with Crippen molar-refractivity contribution in [2.45, 2.75) is 13.5 Å². The van der Waals surface area contributed by atoms with Gasteiger partial charge in [0.05, 0.1) is 11.4 Å². The molecule has 0 aliphatic rings. The van der Waals surface area contributed by atoms with Gasteiger partial charge in [0.1, 0.15) is 5.82 Å². The van der Waals surface area contributed by atoms with Crippen LogP contribution in [0.1, 0.15) is 20.8 Å². The topological polar surface area (TPSA) is 33.2 Å². The number of aryl methyl sites for hydroxylation is 1. The Morgan fingerprint density at radius 2 is 1.91 bits per heavy atom. The second-order valence-corrected chi connectivity index (χ2v) is 5.99. The molecule has 0 aliphatic carbocycles. The molecule has 2 heterocycles. The van der Waals surface area contributed by atoms with E-state index in [-0.39, 0.29) is 5.91 Å². The molecule has 0 N–H and O–H groups in total. The molecule has 3 nitrogen and oxygen atoms in total. The van der Waals surface area contributed by atoms with E-state index in [0.717, 1.165) is 10.4 Å². The standard InChI is InChI=1S/C18H16N2OS/c1-14-7-9-15(10-8-14)13-20(17-6-2-3-11-19-17)18(21)16-5-4-12-22-16/h2-12H,13H2,1H3. The van der Waals surface area contributed by atoms with Crippen molar-refractivity contribution >= 4 is 23.1 Å². The third-order valence-corrected chi connectivity index (χ3v) is 4.22. The van der Waals surface area contributed by atoms with Crippen LogP contribution in [0, 0.1) is 6.92 Å². The second kappa shape index (κ2) is 6.54. The third-order valence-electron chi connectivity index (χ3n) is 3.36. The molecule has 1 amide bonds.